The second kappa shape index (κ2) is 19.9. The lowest BCUT2D eigenvalue weighted by atomic mass is 9.82. The maximum absolute atomic E-state index is 7.15. The molecule has 0 aliphatic carbocycles. The molecule has 84 heavy (non-hydrogen) atoms. The van der Waals surface area contributed by atoms with Gasteiger partial charge in [-0.1, -0.05) is 169 Å². The molecule has 0 N–H and O–H groups in total. The van der Waals surface area contributed by atoms with E-state index in [0.29, 0.717) is 22.9 Å². The summed E-state index contributed by atoms with van der Waals surface area (Å²) in [5.74, 6) is 0.983. The second-order valence-electron chi connectivity index (χ2n) is 20.8. The molecule has 0 saturated carbocycles. The number of para-hydroxylation sites is 10. The van der Waals surface area contributed by atoms with E-state index in [1.807, 2.05) is 48.5 Å². The predicted octanol–water partition coefficient (Wildman–Crippen LogP) is 22.1. The summed E-state index contributed by atoms with van der Waals surface area (Å²) in [6.45, 7) is 0. The minimum absolute atomic E-state index is 0.490. The first kappa shape index (κ1) is 48.7. The molecule has 3 aliphatic heterocycles. The molecular formula is C74H45N5O2S3. The summed E-state index contributed by atoms with van der Waals surface area (Å²) < 4.78 is 14.2. The molecule has 0 spiro atoms. The van der Waals surface area contributed by atoms with Crippen LogP contribution in [0.3, 0.4) is 0 Å². The summed E-state index contributed by atoms with van der Waals surface area (Å²) in [5.41, 5.74) is 19.9. The van der Waals surface area contributed by atoms with Crippen molar-refractivity contribution in [2.24, 2.45) is 0 Å². The van der Waals surface area contributed by atoms with Crippen molar-refractivity contribution in [3.8, 4) is 56.3 Å². The van der Waals surface area contributed by atoms with E-state index in [4.69, 9.17) is 18.8 Å². The van der Waals surface area contributed by atoms with Gasteiger partial charge in [-0.3, -0.25) is 0 Å². The van der Waals surface area contributed by atoms with E-state index in [1.165, 1.54) is 29.4 Å². The molecule has 14 aromatic rings. The summed E-state index contributed by atoms with van der Waals surface area (Å²) >= 11 is 5.41. The number of fused-ring (bicyclic) bond motifs is 8. The predicted molar refractivity (Wildman–Crippen MR) is 345 cm³/mol. The van der Waals surface area contributed by atoms with Gasteiger partial charge in [0, 0.05) is 63.1 Å². The van der Waals surface area contributed by atoms with E-state index in [1.54, 1.807) is 35.3 Å². The van der Waals surface area contributed by atoms with Crippen LogP contribution in [-0.2, 0) is 0 Å². The number of anilines is 9. The van der Waals surface area contributed by atoms with Gasteiger partial charge in [-0.05, 0) is 162 Å². The van der Waals surface area contributed by atoms with Crippen molar-refractivity contribution >= 4 is 109 Å². The Bertz CT molecular complexity index is 4770. The van der Waals surface area contributed by atoms with Crippen LogP contribution in [0, 0.1) is 0 Å². The summed E-state index contributed by atoms with van der Waals surface area (Å²) in [6.07, 6.45) is 0. The molecule has 0 bridgehead atoms. The van der Waals surface area contributed by atoms with E-state index >= 15 is 0 Å². The molecule has 0 atom stereocenters. The van der Waals surface area contributed by atoms with Crippen LogP contribution in [-0.4, -0.2) is 9.97 Å². The Hall–Kier alpha value is -9.97. The largest absolute Gasteiger partial charge is 0.436 e. The average molecular weight is 1130 g/mol. The third-order valence-electron chi connectivity index (χ3n) is 15.9. The summed E-state index contributed by atoms with van der Waals surface area (Å²) in [6, 6.07) is 97.2. The van der Waals surface area contributed by atoms with E-state index in [0.717, 1.165) is 107 Å². The molecule has 0 fully saturated rings. The molecule has 396 valence electrons. The van der Waals surface area contributed by atoms with Gasteiger partial charge < -0.3 is 23.5 Å². The van der Waals surface area contributed by atoms with Crippen LogP contribution in [0.5, 0.6) is 0 Å². The van der Waals surface area contributed by atoms with Crippen LogP contribution >= 0.6 is 35.3 Å². The van der Waals surface area contributed by atoms with Gasteiger partial charge in [0.15, 0.2) is 11.2 Å². The lowest BCUT2D eigenvalue weighted by Gasteiger charge is -2.33. The van der Waals surface area contributed by atoms with Crippen LogP contribution in [0.25, 0.3) is 78.5 Å². The molecule has 0 saturated heterocycles. The van der Waals surface area contributed by atoms with Crippen molar-refractivity contribution in [2.45, 2.75) is 29.4 Å². The third-order valence-corrected chi connectivity index (χ3v) is 19.2. The van der Waals surface area contributed by atoms with Crippen molar-refractivity contribution in [1.82, 2.24) is 9.97 Å². The zero-order chi connectivity index (χ0) is 55.2. The lowest BCUT2D eigenvalue weighted by Crippen LogP contribution is -2.15. The summed E-state index contributed by atoms with van der Waals surface area (Å²) in [5, 5.41) is 0. The number of hydrogen-bond donors (Lipinski definition) is 0. The number of aromatic nitrogens is 2. The quantitative estimate of drug-likeness (QED) is 0.147. The Kier molecular flexibility index (Phi) is 11.5. The third kappa shape index (κ3) is 8.08. The molecule has 0 radical (unpaired) electrons. The van der Waals surface area contributed by atoms with Gasteiger partial charge in [-0.15, -0.1) is 0 Å². The van der Waals surface area contributed by atoms with Crippen molar-refractivity contribution in [3.05, 3.63) is 273 Å². The Morgan fingerprint density at radius 3 is 1.01 bits per heavy atom. The van der Waals surface area contributed by atoms with Crippen LogP contribution in [0.15, 0.2) is 311 Å². The second-order valence-corrected chi connectivity index (χ2v) is 24.1. The highest BCUT2D eigenvalue weighted by Gasteiger charge is 2.33. The van der Waals surface area contributed by atoms with Crippen LogP contribution in [0.1, 0.15) is 0 Å². The minimum Gasteiger partial charge on any atom is -0.436 e. The highest BCUT2D eigenvalue weighted by atomic mass is 32.2. The van der Waals surface area contributed by atoms with Crippen molar-refractivity contribution in [1.29, 1.82) is 0 Å². The maximum Gasteiger partial charge on any atom is 0.228 e. The lowest BCUT2D eigenvalue weighted by molar-refractivity contribution is 0.618. The monoisotopic (exact) mass is 1130 g/mol. The van der Waals surface area contributed by atoms with Gasteiger partial charge in [0.2, 0.25) is 11.8 Å². The van der Waals surface area contributed by atoms with E-state index in [2.05, 4.69) is 239 Å². The van der Waals surface area contributed by atoms with Gasteiger partial charge >= 0.3 is 0 Å². The van der Waals surface area contributed by atoms with Crippen molar-refractivity contribution in [3.63, 3.8) is 0 Å². The van der Waals surface area contributed by atoms with Crippen molar-refractivity contribution in [2.75, 3.05) is 14.7 Å². The molecule has 2 aromatic heterocycles. The fourth-order valence-corrected chi connectivity index (χ4v) is 15.4. The number of rotatable bonds is 8. The van der Waals surface area contributed by atoms with Gasteiger partial charge in [-0.2, -0.15) is 0 Å². The molecular weight excluding hydrogens is 1090 g/mol. The first-order valence-electron chi connectivity index (χ1n) is 27.9. The number of benzene rings is 12. The van der Waals surface area contributed by atoms with Gasteiger partial charge in [0.05, 0.1) is 39.7 Å². The average Bonchev–Trinajstić information content (AvgIpc) is 4.28. The van der Waals surface area contributed by atoms with Crippen LogP contribution < -0.4 is 14.7 Å². The van der Waals surface area contributed by atoms with Crippen LogP contribution in [0.2, 0.25) is 0 Å². The Morgan fingerprint density at radius 2 is 0.595 bits per heavy atom. The Labute approximate surface area is 497 Å². The van der Waals surface area contributed by atoms with Crippen LogP contribution in [0.4, 0.5) is 51.2 Å². The first-order valence-corrected chi connectivity index (χ1v) is 30.3. The summed E-state index contributed by atoms with van der Waals surface area (Å²) in [4.78, 5) is 25.2. The Balaban J connectivity index is 0.994. The van der Waals surface area contributed by atoms with Gasteiger partial charge in [0.1, 0.15) is 11.0 Å². The fourth-order valence-electron chi connectivity index (χ4n) is 12.2. The van der Waals surface area contributed by atoms with Gasteiger partial charge in [-0.25, -0.2) is 9.97 Å². The topological polar surface area (TPSA) is 61.8 Å². The molecule has 3 aliphatic rings. The van der Waals surface area contributed by atoms with E-state index in [9.17, 15) is 0 Å². The molecule has 17 rings (SSSR count). The standard InChI is InChI=1S/C74H45N5O2S3/c1-9-34-62-54(26-1)75-73(80-62)53-45-52(46-20-17-23-49(42-46)77-56-28-3-11-36-64(56)82-65-37-12-4-29-57(65)77)72(74-76-55-27-2-10-35-63(55)81-74)71(48-22-19-25-51(44-48)79-60-32-7-15-40-68(60)84-69-41-16-8-33-61(69)79)70(53)47-21-18-24-50(43-47)78-58-30-5-13-38-66(58)83-67-39-14-6-31-59(67)78/h1-45H. The SMILES string of the molecule is c1cc(-c2cc(-c3nc4ccccc4o3)c(-c3cccc(N4c5ccccc5Sc5ccccc54)c3)c(-c3cccc(N4c5ccccc5Sc5ccccc54)c3)c2-c2nc3ccccc3o2)cc(N2c3ccccc3Sc3ccccc32)c1. The highest BCUT2D eigenvalue weighted by molar-refractivity contribution is 8.00. The molecule has 5 heterocycles. The van der Waals surface area contributed by atoms with E-state index in [-0.39, 0.29) is 0 Å². The Morgan fingerprint density at radius 1 is 0.262 bits per heavy atom. The molecule has 12 aromatic carbocycles. The zero-order valence-corrected chi connectivity index (χ0v) is 47.2. The minimum atomic E-state index is 0.490. The van der Waals surface area contributed by atoms with Crippen molar-refractivity contribution < 1.29 is 8.83 Å². The van der Waals surface area contributed by atoms with Gasteiger partial charge in [0.25, 0.3) is 0 Å². The highest BCUT2D eigenvalue weighted by Crippen LogP contribution is 2.58. The normalized spacial score (nSPS) is 13.0. The molecule has 0 amide bonds. The molecule has 7 nitrogen and oxygen atoms in total. The zero-order valence-electron chi connectivity index (χ0n) is 44.8. The number of hydrogen-bond acceptors (Lipinski definition) is 10. The maximum atomic E-state index is 7.15. The molecule has 10 heteroatoms. The van der Waals surface area contributed by atoms with E-state index < -0.39 is 0 Å². The fraction of sp³-hybridized carbons (Fsp3) is 0. The summed E-state index contributed by atoms with van der Waals surface area (Å²) in [7, 11) is 0. The number of nitrogens with zero attached hydrogens (tertiary/aromatic N) is 5. The smallest absolute Gasteiger partial charge is 0.228 e. The first-order chi connectivity index (χ1) is 41.6. The number of oxazole rings is 2. The molecule has 0 unspecified atom stereocenters.